The van der Waals surface area contributed by atoms with Gasteiger partial charge in [0.2, 0.25) is 0 Å². The third kappa shape index (κ3) is 3.84. The highest BCUT2D eigenvalue weighted by Gasteiger charge is 2.21. The first-order valence-electron chi connectivity index (χ1n) is 8.96. The summed E-state index contributed by atoms with van der Waals surface area (Å²) in [5, 5.41) is 8.21. The maximum absolute atomic E-state index is 13.1. The molecule has 0 aliphatic carbocycles. The van der Waals surface area contributed by atoms with Gasteiger partial charge in [0.25, 0.3) is 0 Å². The minimum Gasteiger partial charge on any atom is -0.377 e. The van der Waals surface area contributed by atoms with E-state index in [4.69, 9.17) is 9.84 Å². The zero-order valence-electron chi connectivity index (χ0n) is 14.6. The highest BCUT2D eigenvalue weighted by Crippen LogP contribution is 2.25. The van der Waals surface area contributed by atoms with Crippen molar-refractivity contribution in [3.8, 4) is 11.3 Å². The van der Waals surface area contributed by atoms with Crippen LogP contribution in [0.1, 0.15) is 23.7 Å². The van der Waals surface area contributed by atoms with Crippen LogP contribution in [0.3, 0.4) is 0 Å². The van der Waals surface area contributed by atoms with E-state index < -0.39 is 0 Å². The third-order valence-corrected chi connectivity index (χ3v) is 4.69. The van der Waals surface area contributed by atoms with Crippen LogP contribution in [-0.2, 0) is 17.9 Å². The molecular formula is C21H22FN3O. The maximum Gasteiger partial charge on any atom is 0.123 e. The molecule has 0 fully saturated rings. The summed E-state index contributed by atoms with van der Waals surface area (Å²) in [6.45, 7) is 3.00. The van der Waals surface area contributed by atoms with Crippen molar-refractivity contribution in [1.29, 1.82) is 0 Å². The van der Waals surface area contributed by atoms with Gasteiger partial charge >= 0.3 is 0 Å². The van der Waals surface area contributed by atoms with Gasteiger partial charge < -0.3 is 10.1 Å². The van der Waals surface area contributed by atoms with E-state index in [1.54, 1.807) is 12.1 Å². The number of rotatable bonds is 6. The molecule has 2 heterocycles. The number of fused-ring (bicyclic) bond motifs is 1. The van der Waals surface area contributed by atoms with Crippen LogP contribution in [-0.4, -0.2) is 22.9 Å². The van der Waals surface area contributed by atoms with Crippen LogP contribution in [0.5, 0.6) is 0 Å². The van der Waals surface area contributed by atoms with Gasteiger partial charge in [-0.1, -0.05) is 30.3 Å². The zero-order valence-corrected chi connectivity index (χ0v) is 14.6. The van der Waals surface area contributed by atoms with Gasteiger partial charge in [0.15, 0.2) is 0 Å². The Kier molecular flexibility index (Phi) is 5.09. The number of hydrogen-bond acceptors (Lipinski definition) is 3. The smallest absolute Gasteiger partial charge is 0.123 e. The Morgan fingerprint density at radius 1 is 1.12 bits per heavy atom. The number of nitrogens with zero attached hydrogens (tertiary/aromatic N) is 2. The highest BCUT2D eigenvalue weighted by molar-refractivity contribution is 5.59. The second-order valence-corrected chi connectivity index (χ2v) is 6.58. The molecule has 2 aromatic carbocycles. The van der Waals surface area contributed by atoms with E-state index in [0.717, 1.165) is 36.5 Å². The van der Waals surface area contributed by atoms with Crippen molar-refractivity contribution in [2.24, 2.45) is 0 Å². The van der Waals surface area contributed by atoms with Gasteiger partial charge in [-0.05, 0) is 42.3 Å². The summed E-state index contributed by atoms with van der Waals surface area (Å²) >= 11 is 0. The number of benzene rings is 2. The first-order valence-corrected chi connectivity index (χ1v) is 8.96. The fourth-order valence-electron chi connectivity index (χ4n) is 3.30. The molecule has 0 saturated carbocycles. The molecule has 0 radical (unpaired) electrons. The number of aromatic nitrogens is 2. The molecule has 1 aromatic heterocycles. The maximum atomic E-state index is 13.1. The van der Waals surface area contributed by atoms with E-state index in [9.17, 15) is 4.39 Å². The lowest BCUT2D eigenvalue weighted by Crippen LogP contribution is -2.34. The Balaban J connectivity index is 1.39. The molecule has 0 spiro atoms. The van der Waals surface area contributed by atoms with E-state index in [0.29, 0.717) is 13.2 Å². The van der Waals surface area contributed by atoms with Gasteiger partial charge in [0, 0.05) is 25.3 Å². The molecule has 26 heavy (non-hydrogen) atoms. The monoisotopic (exact) mass is 351 g/mol. The lowest BCUT2D eigenvalue weighted by atomic mass is 10.1. The molecule has 0 amide bonds. The van der Waals surface area contributed by atoms with Gasteiger partial charge in [-0.3, -0.25) is 4.68 Å². The summed E-state index contributed by atoms with van der Waals surface area (Å²) in [7, 11) is 0. The van der Waals surface area contributed by atoms with Crippen LogP contribution in [0.2, 0.25) is 0 Å². The van der Waals surface area contributed by atoms with Crippen molar-refractivity contribution >= 4 is 0 Å². The number of nitrogens with one attached hydrogen (secondary N) is 1. The molecule has 1 atom stereocenters. The molecular weight excluding hydrogens is 329 g/mol. The number of ether oxygens (including phenoxy) is 1. The van der Waals surface area contributed by atoms with Gasteiger partial charge in [0.1, 0.15) is 5.82 Å². The van der Waals surface area contributed by atoms with E-state index in [1.165, 1.54) is 17.7 Å². The lowest BCUT2D eigenvalue weighted by Gasteiger charge is -2.25. The van der Waals surface area contributed by atoms with Crippen molar-refractivity contribution < 1.29 is 9.13 Å². The van der Waals surface area contributed by atoms with Crippen LogP contribution >= 0.6 is 0 Å². The topological polar surface area (TPSA) is 39.1 Å². The van der Waals surface area contributed by atoms with Crippen molar-refractivity contribution in [1.82, 2.24) is 15.1 Å². The van der Waals surface area contributed by atoms with E-state index in [-0.39, 0.29) is 11.9 Å². The Hall–Kier alpha value is -2.50. The minimum atomic E-state index is -0.229. The lowest BCUT2D eigenvalue weighted by molar-refractivity contribution is 0.104. The summed E-state index contributed by atoms with van der Waals surface area (Å²) < 4.78 is 21.1. The summed E-state index contributed by atoms with van der Waals surface area (Å²) in [5.41, 5.74) is 4.17. The molecule has 5 heteroatoms. The average Bonchev–Trinajstić information content (AvgIpc) is 3.11. The molecule has 3 aromatic rings. The van der Waals surface area contributed by atoms with Crippen molar-refractivity contribution in [3.05, 3.63) is 77.7 Å². The van der Waals surface area contributed by atoms with Crippen LogP contribution in [0.4, 0.5) is 4.39 Å². The first kappa shape index (κ1) is 16.9. The fourth-order valence-corrected chi connectivity index (χ4v) is 3.30. The number of hydrogen-bond donors (Lipinski definition) is 1. The molecule has 0 saturated heterocycles. The van der Waals surface area contributed by atoms with E-state index in [1.807, 2.05) is 18.2 Å². The summed E-state index contributed by atoms with van der Waals surface area (Å²) in [5.74, 6) is -0.229. The Labute approximate surface area is 152 Å². The van der Waals surface area contributed by atoms with Crippen molar-refractivity contribution in [2.75, 3.05) is 13.2 Å². The molecule has 4 nitrogen and oxygen atoms in total. The predicted octanol–water partition coefficient (Wildman–Crippen LogP) is 3.94. The zero-order chi connectivity index (χ0) is 17.8. The normalized spacial score (nSPS) is 16.4. The van der Waals surface area contributed by atoms with Crippen molar-refractivity contribution in [3.63, 3.8) is 0 Å². The average molecular weight is 351 g/mol. The van der Waals surface area contributed by atoms with Crippen LogP contribution in [0.15, 0.2) is 60.7 Å². The summed E-state index contributed by atoms with van der Waals surface area (Å²) in [4.78, 5) is 0. The van der Waals surface area contributed by atoms with Crippen LogP contribution in [0, 0.1) is 5.82 Å². The van der Waals surface area contributed by atoms with E-state index in [2.05, 4.69) is 28.2 Å². The van der Waals surface area contributed by atoms with Gasteiger partial charge in [-0.15, -0.1) is 0 Å². The molecule has 4 rings (SSSR count). The summed E-state index contributed by atoms with van der Waals surface area (Å²) in [6, 6.07) is 19.0. The second-order valence-electron chi connectivity index (χ2n) is 6.58. The van der Waals surface area contributed by atoms with Crippen molar-refractivity contribution in [2.45, 2.75) is 25.6 Å². The molecule has 1 N–H and O–H groups in total. The first-order chi connectivity index (χ1) is 12.8. The van der Waals surface area contributed by atoms with E-state index >= 15 is 0 Å². The SMILES string of the molecule is Fc1ccc(-c2cc3n(n2)C(CCOCc2ccccc2)CNC3)cc1. The largest absolute Gasteiger partial charge is 0.377 e. The molecule has 0 bridgehead atoms. The predicted molar refractivity (Wildman–Crippen MR) is 99.1 cm³/mol. The minimum absolute atomic E-state index is 0.229. The summed E-state index contributed by atoms with van der Waals surface area (Å²) in [6.07, 6.45) is 0.900. The Morgan fingerprint density at radius 2 is 1.92 bits per heavy atom. The Morgan fingerprint density at radius 3 is 2.73 bits per heavy atom. The second kappa shape index (κ2) is 7.81. The standard InChI is InChI=1S/C21H22FN3O/c22-18-8-6-17(7-9-18)21-12-20-14-23-13-19(25(20)24-21)10-11-26-15-16-4-2-1-3-5-16/h1-9,12,19,23H,10-11,13-15H2. The molecule has 1 unspecified atom stereocenters. The number of halogens is 1. The van der Waals surface area contributed by atoms with Gasteiger partial charge in [-0.25, -0.2) is 4.39 Å². The molecule has 134 valence electrons. The van der Waals surface area contributed by atoms with Gasteiger partial charge in [0.05, 0.1) is 24.0 Å². The fraction of sp³-hybridized carbons (Fsp3) is 0.286. The van der Waals surface area contributed by atoms with Crippen LogP contribution < -0.4 is 5.32 Å². The quantitative estimate of drug-likeness (QED) is 0.684. The Bertz CT molecular complexity index is 845. The van der Waals surface area contributed by atoms with Gasteiger partial charge in [-0.2, -0.15) is 5.10 Å². The molecule has 1 aliphatic rings. The third-order valence-electron chi connectivity index (χ3n) is 4.69. The molecule has 1 aliphatic heterocycles. The van der Waals surface area contributed by atoms with Crippen LogP contribution in [0.25, 0.3) is 11.3 Å². The highest BCUT2D eigenvalue weighted by atomic mass is 19.1.